The first-order chi connectivity index (χ1) is 3.98. The van der Waals surface area contributed by atoms with Crippen molar-refractivity contribution in [2.75, 3.05) is 5.75 Å². The van der Waals surface area contributed by atoms with E-state index in [0.717, 1.165) is 10.8 Å². The zero-order valence-corrected chi connectivity index (χ0v) is 8.66. The highest BCUT2D eigenvalue weighted by Gasteiger charge is 2.15. The predicted octanol–water partition coefficient (Wildman–Crippen LogP) is 3.18. The minimum absolute atomic E-state index is 0. The van der Waals surface area contributed by atoms with Crippen LogP contribution in [0.15, 0.2) is 0 Å². The molecule has 0 saturated heterocycles. The third-order valence-corrected chi connectivity index (χ3v) is 2.16. The van der Waals surface area contributed by atoms with Crippen molar-refractivity contribution in [2.45, 2.75) is 27.7 Å². The Balaban J connectivity index is 0. The van der Waals surface area contributed by atoms with Gasteiger partial charge in [-0.1, -0.05) is 27.7 Å². The molecule has 0 amide bonds. The Bertz CT molecular complexity index is 107. The first kappa shape index (κ1) is 12.9. The van der Waals surface area contributed by atoms with Gasteiger partial charge in [0.15, 0.2) is 0 Å². The quantitative estimate of drug-likeness (QED) is 0.488. The Hall–Kier alpha value is 0.310. The molecule has 3 heteroatoms. The van der Waals surface area contributed by atoms with Crippen molar-refractivity contribution in [1.82, 2.24) is 0 Å². The zero-order chi connectivity index (χ0) is 7.49. The largest absolute Gasteiger partial charge is 0.298 e. The second-order valence-electron chi connectivity index (χ2n) is 3.01. The lowest BCUT2D eigenvalue weighted by Crippen LogP contribution is -2.15. The number of halogens is 1. The van der Waals surface area contributed by atoms with Crippen LogP contribution in [0.5, 0.6) is 0 Å². The molecule has 0 aliphatic heterocycles. The molecule has 0 aliphatic carbocycles. The molecule has 62 valence electrons. The van der Waals surface area contributed by atoms with Crippen molar-refractivity contribution < 1.29 is 0 Å². The fourth-order valence-corrected chi connectivity index (χ4v) is 1.08. The molecule has 0 rings (SSSR count). The SMILES string of the molecule is CCSC(=N)C(C)(C)C.Cl. The van der Waals surface area contributed by atoms with E-state index >= 15 is 0 Å². The Morgan fingerprint density at radius 2 is 1.80 bits per heavy atom. The molecule has 0 aromatic heterocycles. The van der Waals surface area contributed by atoms with Gasteiger partial charge in [0.25, 0.3) is 0 Å². The van der Waals surface area contributed by atoms with Gasteiger partial charge >= 0.3 is 0 Å². The summed E-state index contributed by atoms with van der Waals surface area (Å²) in [6, 6.07) is 0. The summed E-state index contributed by atoms with van der Waals surface area (Å²) in [7, 11) is 0. The second-order valence-corrected chi connectivity index (χ2v) is 4.29. The highest BCUT2D eigenvalue weighted by atomic mass is 35.5. The maximum Gasteiger partial charge on any atom is 0.0694 e. The van der Waals surface area contributed by atoms with Crippen LogP contribution in [-0.4, -0.2) is 10.8 Å². The molecule has 0 aromatic carbocycles. The van der Waals surface area contributed by atoms with Gasteiger partial charge in [-0.05, 0) is 5.75 Å². The summed E-state index contributed by atoms with van der Waals surface area (Å²) in [6.45, 7) is 8.28. The molecular formula is C7H16ClNS. The molecule has 0 fully saturated rings. The molecular weight excluding hydrogens is 166 g/mol. The average molecular weight is 182 g/mol. The molecule has 0 radical (unpaired) electrons. The fourth-order valence-electron chi connectivity index (χ4n) is 0.361. The maximum absolute atomic E-state index is 7.50. The highest BCUT2D eigenvalue weighted by Crippen LogP contribution is 2.22. The van der Waals surface area contributed by atoms with Crippen LogP contribution in [0.2, 0.25) is 0 Å². The van der Waals surface area contributed by atoms with Crippen molar-refractivity contribution in [2.24, 2.45) is 5.41 Å². The number of thioether (sulfide) groups is 1. The molecule has 0 bridgehead atoms. The van der Waals surface area contributed by atoms with Crippen LogP contribution in [0.25, 0.3) is 0 Å². The lowest BCUT2D eigenvalue weighted by Gasteiger charge is -2.17. The van der Waals surface area contributed by atoms with Gasteiger partial charge in [0.2, 0.25) is 0 Å². The lowest BCUT2D eigenvalue weighted by atomic mass is 9.99. The number of rotatable bonds is 1. The van der Waals surface area contributed by atoms with E-state index in [2.05, 4.69) is 27.7 Å². The highest BCUT2D eigenvalue weighted by molar-refractivity contribution is 8.13. The number of hydrogen-bond acceptors (Lipinski definition) is 2. The smallest absolute Gasteiger partial charge is 0.0694 e. The van der Waals surface area contributed by atoms with Crippen LogP contribution in [0.4, 0.5) is 0 Å². The van der Waals surface area contributed by atoms with Crippen LogP contribution < -0.4 is 0 Å². The van der Waals surface area contributed by atoms with E-state index in [1.165, 1.54) is 0 Å². The summed E-state index contributed by atoms with van der Waals surface area (Å²) >= 11 is 1.62. The van der Waals surface area contributed by atoms with Crippen LogP contribution in [0.1, 0.15) is 27.7 Å². The molecule has 0 aliphatic rings. The Kier molecular flexibility index (Phi) is 6.50. The van der Waals surface area contributed by atoms with E-state index in [0.29, 0.717) is 0 Å². The average Bonchev–Trinajstić information content (AvgIpc) is 1.64. The van der Waals surface area contributed by atoms with E-state index in [4.69, 9.17) is 5.41 Å². The van der Waals surface area contributed by atoms with Crippen molar-refractivity contribution in [3.8, 4) is 0 Å². The number of nitrogens with one attached hydrogen (secondary N) is 1. The topological polar surface area (TPSA) is 23.9 Å². The second kappa shape index (κ2) is 5.03. The lowest BCUT2D eigenvalue weighted by molar-refractivity contribution is 0.598. The van der Waals surface area contributed by atoms with Crippen LogP contribution in [-0.2, 0) is 0 Å². The van der Waals surface area contributed by atoms with Crippen LogP contribution in [0.3, 0.4) is 0 Å². The van der Waals surface area contributed by atoms with Gasteiger partial charge in [-0.25, -0.2) is 0 Å². The first-order valence-corrected chi connectivity index (χ1v) is 4.19. The van der Waals surface area contributed by atoms with Crippen LogP contribution >= 0.6 is 24.2 Å². The summed E-state index contributed by atoms with van der Waals surface area (Å²) in [6.07, 6.45) is 0. The van der Waals surface area contributed by atoms with Crippen molar-refractivity contribution in [1.29, 1.82) is 5.41 Å². The molecule has 0 aromatic rings. The summed E-state index contributed by atoms with van der Waals surface area (Å²) in [5.41, 5.74) is 0.0562. The Morgan fingerprint density at radius 1 is 1.40 bits per heavy atom. The zero-order valence-electron chi connectivity index (χ0n) is 7.02. The van der Waals surface area contributed by atoms with E-state index in [-0.39, 0.29) is 17.8 Å². The van der Waals surface area contributed by atoms with Gasteiger partial charge in [0, 0.05) is 5.41 Å². The van der Waals surface area contributed by atoms with Gasteiger partial charge < -0.3 is 0 Å². The standard InChI is InChI=1S/C7H15NS.ClH/c1-5-9-6(8)7(2,3)4;/h8H,5H2,1-4H3;1H. The van der Waals surface area contributed by atoms with Gasteiger partial charge in [0.1, 0.15) is 0 Å². The van der Waals surface area contributed by atoms with E-state index in [1.807, 2.05) is 0 Å². The summed E-state index contributed by atoms with van der Waals surface area (Å²) in [4.78, 5) is 0. The minimum Gasteiger partial charge on any atom is -0.298 e. The molecule has 0 spiro atoms. The van der Waals surface area contributed by atoms with Gasteiger partial charge in [-0.2, -0.15) is 0 Å². The van der Waals surface area contributed by atoms with Gasteiger partial charge in [-0.15, -0.1) is 24.2 Å². The third-order valence-electron chi connectivity index (χ3n) is 0.970. The third kappa shape index (κ3) is 5.12. The minimum atomic E-state index is 0. The van der Waals surface area contributed by atoms with Crippen molar-refractivity contribution in [3.05, 3.63) is 0 Å². The van der Waals surface area contributed by atoms with Gasteiger partial charge in [0.05, 0.1) is 5.04 Å². The van der Waals surface area contributed by atoms with Gasteiger partial charge in [-0.3, -0.25) is 5.41 Å². The van der Waals surface area contributed by atoms with E-state index in [1.54, 1.807) is 11.8 Å². The monoisotopic (exact) mass is 181 g/mol. The Morgan fingerprint density at radius 3 is 1.90 bits per heavy atom. The summed E-state index contributed by atoms with van der Waals surface area (Å²) < 4.78 is 0. The number of hydrogen-bond donors (Lipinski definition) is 1. The maximum atomic E-state index is 7.50. The van der Waals surface area contributed by atoms with Crippen molar-refractivity contribution in [3.63, 3.8) is 0 Å². The molecule has 0 saturated carbocycles. The van der Waals surface area contributed by atoms with Crippen LogP contribution in [0, 0.1) is 10.8 Å². The fraction of sp³-hybridized carbons (Fsp3) is 0.857. The molecule has 1 nitrogen and oxygen atoms in total. The first-order valence-electron chi connectivity index (χ1n) is 3.20. The summed E-state index contributed by atoms with van der Waals surface area (Å²) in [5.74, 6) is 1.01. The van der Waals surface area contributed by atoms with Crippen molar-refractivity contribution >= 4 is 29.2 Å². The predicted molar refractivity (Wildman–Crippen MR) is 52.6 cm³/mol. The van der Waals surface area contributed by atoms with E-state index < -0.39 is 0 Å². The molecule has 0 atom stereocenters. The summed E-state index contributed by atoms with van der Waals surface area (Å²) in [5, 5.41) is 8.29. The normalized spacial score (nSPS) is 10.4. The van der Waals surface area contributed by atoms with E-state index in [9.17, 15) is 0 Å². The Labute approximate surface area is 73.9 Å². The molecule has 0 heterocycles. The molecule has 1 N–H and O–H groups in total. The molecule has 0 unspecified atom stereocenters. The molecule has 10 heavy (non-hydrogen) atoms.